The Morgan fingerprint density at radius 2 is 1.75 bits per heavy atom. The summed E-state index contributed by atoms with van der Waals surface area (Å²) in [4.78, 5) is 11.0. The SMILES string of the molecule is COC1C(CCC(C)C)O[C@@H](OCC(=O)O)[C@H](OCc2ccccc2)[C@H]1OC. The largest absolute Gasteiger partial charge is 0.480 e. The molecule has 1 aromatic rings. The zero-order chi connectivity index (χ0) is 20.5. The van der Waals surface area contributed by atoms with Crippen molar-refractivity contribution in [2.75, 3.05) is 20.8 Å². The maximum Gasteiger partial charge on any atom is 0.329 e. The number of ether oxygens (including phenoxy) is 5. The lowest BCUT2D eigenvalue weighted by Crippen LogP contribution is -2.60. The van der Waals surface area contributed by atoms with E-state index in [1.807, 2.05) is 30.3 Å². The first-order chi connectivity index (χ1) is 13.5. The number of hydrogen-bond acceptors (Lipinski definition) is 6. The molecule has 0 aromatic heterocycles. The average Bonchev–Trinajstić information content (AvgIpc) is 2.69. The van der Waals surface area contributed by atoms with Crippen LogP contribution in [0, 0.1) is 5.92 Å². The van der Waals surface area contributed by atoms with E-state index in [1.165, 1.54) is 0 Å². The van der Waals surface area contributed by atoms with Crippen LogP contribution < -0.4 is 0 Å². The fraction of sp³-hybridized carbons (Fsp3) is 0.667. The fourth-order valence-electron chi connectivity index (χ4n) is 3.39. The number of aliphatic carboxylic acids is 1. The second-order valence-electron chi connectivity index (χ2n) is 7.38. The molecule has 0 saturated carbocycles. The van der Waals surface area contributed by atoms with Gasteiger partial charge in [0.1, 0.15) is 24.9 Å². The quantitative estimate of drug-likeness (QED) is 0.616. The molecule has 1 N–H and O–H groups in total. The van der Waals surface area contributed by atoms with Crippen molar-refractivity contribution in [3.63, 3.8) is 0 Å². The van der Waals surface area contributed by atoms with Gasteiger partial charge in [0.2, 0.25) is 0 Å². The standard InChI is InChI=1S/C21H32O7/c1-14(2)10-11-16-18(24-3)19(25-4)20(21(28-16)27-13-17(22)23)26-12-15-8-6-5-7-9-15/h5-9,14,16,18-21H,10-13H2,1-4H3,(H,22,23)/t16?,18?,19-,20+,21+/m0/s1. The normalized spacial score (nSPS) is 27.8. The lowest BCUT2D eigenvalue weighted by Gasteiger charge is -2.45. The van der Waals surface area contributed by atoms with E-state index in [1.54, 1.807) is 14.2 Å². The molecule has 7 heteroatoms. The van der Waals surface area contributed by atoms with Crippen LogP contribution >= 0.6 is 0 Å². The van der Waals surface area contributed by atoms with E-state index in [2.05, 4.69) is 13.8 Å². The molecule has 1 aromatic carbocycles. The highest BCUT2D eigenvalue weighted by molar-refractivity contribution is 5.68. The number of methoxy groups -OCH3 is 2. The van der Waals surface area contributed by atoms with Gasteiger partial charge in [0.05, 0.1) is 12.7 Å². The van der Waals surface area contributed by atoms with Crippen molar-refractivity contribution in [2.45, 2.75) is 64.0 Å². The van der Waals surface area contributed by atoms with Gasteiger partial charge in [0.25, 0.3) is 0 Å². The third-order valence-electron chi connectivity index (χ3n) is 4.82. The molecule has 2 unspecified atom stereocenters. The van der Waals surface area contributed by atoms with Gasteiger partial charge in [-0.05, 0) is 24.3 Å². The molecule has 0 aliphatic carbocycles. The molecule has 1 saturated heterocycles. The second kappa shape index (κ2) is 11.5. The summed E-state index contributed by atoms with van der Waals surface area (Å²) in [5.41, 5.74) is 0.991. The third kappa shape index (κ3) is 6.53. The average molecular weight is 396 g/mol. The molecule has 1 aliphatic heterocycles. The summed E-state index contributed by atoms with van der Waals surface area (Å²) in [6.07, 6.45) is -0.824. The van der Waals surface area contributed by atoms with E-state index in [9.17, 15) is 4.79 Å². The molecule has 1 heterocycles. The highest BCUT2D eigenvalue weighted by atomic mass is 16.7. The van der Waals surface area contributed by atoms with E-state index in [4.69, 9.17) is 28.8 Å². The molecule has 158 valence electrons. The van der Waals surface area contributed by atoms with Crippen molar-refractivity contribution in [1.29, 1.82) is 0 Å². The Hall–Kier alpha value is -1.51. The van der Waals surface area contributed by atoms with Gasteiger partial charge in [0.15, 0.2) is 6.29 Å². The highest BCUT2D eigenvalue weighted by Crippen LogP contribution is 2.31. The van der Waals surface area contributed by atoms with Gasteiger partial charge in [-0.3, -0.25) is 0 Å². The first kappa shape index (κ1) is 22.8. The van der Waals surface area contributed by atoms with Crippen LogP contribution in [0.3, 0.4) is 0 Å². The predicted molar refractivity (Wildman–Crippen MR) is 103 cm³/mol. The molecular weight excluding hydrogens is 364 g/mol. The number of rotatable bonds is 11. The summed E-state index contributed by atoms with van der Waals surface area (Å²) in [5.74, 6) is -0.556. The molecule has 0 bridgehead atoms. The van der Waals surface area contributed by atoms with E-state index in [0.29, 0.717) is 12.5 Å². The third-order valence-corrected chi connectivity index (χ3v) is 4.82. The number of carbonyl (C=O) groups is 1. The lowest BCUT2D eigenvalue weighted by atomic mass is 9.93. The molecule has 2 rings (SSSR count). The molecule has 5 atom stereocenters. The summed E-state index contributed by atoms with van der Waals surface area (Å²) >= 11 is 0. The van der Waals surface area contributed by atoms with Crippen LogP contribution in [0.5, 0.6) is 0 Å². The number of carboxylic acid groups (broad SMARTS) is 1. The Labute approximate surface area is 166 Å². The van der Waals surface area contributed by atoms with Gasteiger partial charge in [-0.15, -0.1) is 0 Å². The van der Waals surface area contributed by atoms with E-state index in [-0.39, 0.29) is 12.2 Å². The van der Waals surface area contributed by atoms with E-state index < -0.39 is 31.1 Å². The molecule has 1 fully saturated rings. The van der Waals surface area contributed by atoms with Crippen molar-refractivity contribution in [3.8, 4) is 0 Å². The van der Waals surface area contributed by atoms with Gasteiger partial charge in [-0.1, -0.05) is 44.2 Å². The minimum absolute atomic E-state index is 0.271. The predicted octanol–water partition coefficient (Wildman–Crippen LogP) is 2.86. The van der Waals surface area contributed by atoms with Crippen molar-refractivity contribution >= 4 is 5.97 Å². The van der Waals surface area contributed by atoms with Crippen LogP contribution in [0.2, 0.25) is 0 Å². The molecule has 7 nitrogen and oxygen atoms in total. The summed E-state index contributed by atoms with van der Waals surface area (Å²) < 4.78 is 29.1. The summed E-state index contributed by atoms with van der Waals surface area (Å²) in [6.45, 7) is 4.14. The van der Waals surface area contributed by atoms with Crippen molar-refractivity contribution in [3.05, 3.63) is 35.9 Å². The molecule has 0 amide bonds. The first-order valence-electron chi connectivity index (χ1n) is 9.66. The maximum atomic E-state index is 11.0. The maximum absolute atomic E-state index is 11.0. The van der Waals surface area contributed by atoms with Crippen molar-refractivity contribution in [2.24, 2.45) is 5.92 Å². The van der Waals surface area contributed by atoms with Crippen LogP contribution in [-0.4, -0.2) is 62.6 Å². The van der Waals surface area contributed by atoms with Gasteiger partial charge in [-0.25, -0.2) is 4.79 Å². The number of hydrogen-bond donors (Lipinski definition) is 1. The topological polar surface area (TPSA) is 83.5 Å². The minimum Gasteiger partial charge on any atom is -0.480 e. The van der Waals surface area contributed by atoms with Crippen LogP contribution in [0.4, 0.5) is 0 Å². The summed E-state index contributed by atoms with van der Waals surface area (Å²) in [5, 5.41) is 9.02. The Balaban J connectivity index is 2.16. The second-order valence-corrected chi connectivity index (χ2v) is 7.38. The van der Waals surface area contributed by atoms with Crippen LogP contribution in [0.25, 0.3) is 0 Å². The van der Waals surface area contributed by atoms with Crippen LogP contribution in [-0.2, 0) is 35.1 Å². The molecular formula is C21H32O7. The zero-order valence-corrected chi connectivity index (χ0v) is 17.1. The van der Waals surface area contributed by atoms with Gasteiger partial charge < -0.3 is 28.8 Å². The highest BCUT2D eigenvalue weighted by Gasteiger charge is 2.48. The lowest BCUT2D eigenvalue weighted by molar-refractivity contribution is -0.314. The van der Waals surface area contributed by atoms with E-state index in [0.717, 1.165) is 18.4 Å². The van der Waals surface area contributed by atoms with Gasteiger partial charge in [-0.2, -0.15) is 0 Å². The monoisotopic (exact) mass is 396 g/mol. The number of carboxylic acids is 1. The van der Waals surface area contributed by atoms with E-state index >= 15 is 0 Å². The Kier molecular flexibility index (Phi) is 9.34. The summed E-state index contributed by atoms with van der Waals surface area (Å²) in [6, 6.07) is 9.71. The Bertz CT molecular complexity index is 577. The molecule has 1 aliphatic rings. The van der Waals surface area contributed by atoms with Gasteiger partial charge >= 0.3 is 5.97 Å². The smallest absolute Gasteiger partial charge is 0.329 e. The van der Waals surface area contributed by atoms with Crippen molar-refractivity contribution in [1.82, 2.24) is 0 Å². The zero-order valence-electron chi connectivity index (χ0n) is 17.1. The Morgan fingerprint density at radius 1 is 1.07 bits per heavy atom. The van der Waals surface area contributed by atoms with Crippen LogP contribution in [0.1, 0.15) is 32.3 Å². The fourth-order valence-corrected chi connectivity index (χ4v) is 3.39. The molecule has 0 spiro atoms. The van der Waals surface area contributed by atoms with Gasteiger partial charge in [0, 0.05) is 14.2 Å². The molecule has 28 heavy (non-hydrogen) atoms. The number of benzene rings is 1. The summed E-state index contributed by atoms with van der Waals surface area (Å²) in [7, 11) is 3.21. The van der Waals surface area contributed by atoms with Crippen molar-refractivity contribution < 1.29 is 33.6 Å². The first-order valence-corrected chi connectivity index (χ1v) is 9.66. The minimum atomic E-state index is -1.06. The molecule has 0 radical (unpaired) electrons. The Morgan fingerprint density at radius 3 is 2.32 bits per heavy atom. The van der Waals surface area contributed by atoms with Crippen LogP contribution in [0.15, 0.2) is 30.3 Å².